The first-order valence-corrected chi connectivity index (χ1v) is 8.95. The van der Waals surface area contributed by atoms with E-state index in [0.717, 1.165) is 5.56 Å². The van der Waals surface area contributed by atoms with Crippen LogP contribution in [0.3, 0.4) is 0 Å². The molecular formula is C9H9Cl3OSi. The lowest BCUT2D eigenvalue weighted by Crippen LogP contribution is -2.14. The summed E-state index contributed by atoms with van der Waals surface area (Å²) in [4.78, 5) is 0. The van der Waals surface area contributed by atoms with Gasteiger partial charge in [0.2, 0.25) is 0 Å². The quantitative estimate of drug-likeness (QED) is 0.453. The summed E-state index contributed by atoms with van der Waals surface area (Å²) in [6, 6.07) is 9.54. The fraction of sp³-hybridized carbons (Fsp3) is 0.111. The maximum absolute atomic E-state index is 5.66. The summed E-state index contributed by atoms with van der Waals surface area (Å²) in [5.74, 6) is 0.609. The Hall–Kier alpha value is -0.153. The van der Waals surface area contributed by atoms with Gasteiger partial charge in [-0.2, -0.15) is 0 Å². The minimum atomic E-state index is -3.08. The van der Waals surface area contributed by atoms with Gasteiger partial charge in [-0.15, -0.1) is 0 Å². The van der Waals surface area contributed by atoms with Crippen LogP contribution >= 0.6 is 33.2 Å². The summed E-state index contributed by atoms with van der Waals surface area (Å²) in [7, 11) is 0. The molecule has 1 aromatic carbocycles. The minimum absolute atomic E-state index is 0.609. The molecule has 0 spiro atoms. The molecule has 76 valence electrons. The van der Waals surface area contributed by atoms with E-state index in [2.05, 4.69) is 0 Å². The Morgan fingerprint density at radius 2 is 1.79 bits per heavy atom. The summed E-state index contributed by atoms with van der Waals surface area (Å²) >= 11 is 17.0. The molecule has 14 heavy (non-hydrogen) atoms. The molecule has 0 saturated heterocycles. The molecule has 0 radical (unpaired) electrons. The predicted molar refractivity (Wildman–Crippen MR) is 64.5 cm³/mol. The second kappa shape index (κ2) is 5.08. The standard InChI is InChI=1S/C9H9Cl3OSi/c1-2-9(13-14(10,11)12)8-6-4-3-5-7-8/h2-7H,1H3/b9-2-. The largest absolute Gasteiger partial charge is 0.555 e. The molecule has 0 bridgehead atoms. The van der Waals surface area contributed by atoms with Crippen LogP contribution < -0.4 is 0 Å². The number of allylic oxidation sites excluding steroid dienone is 1. The van der Waals surface area contributed by atoms with Crippen LogP contribution in [0.2, 0.25) is 0 Å². The van der Waals surface area contributed by atoms with Crippen molar-refractivity contribution in [1.82, 2.24) is 0 Å². The summed E-state index contributed by atoms with van der Waals surface area (Å²) in [6.07, 6.45) is -1.29. The zero-order valence-electron chi connectivity index (χ0n) is 7.51. The molecule has 0 aliphatic rings. The Balaban J connectivity index is 2.85. The number of hydrogen-bond donors (Lipinski definition) is 0. The van der Waals surface area contributed by atoms with Gasteiger partial charge in [-0.25, -0.2) is 0 Å². The number of rotatable bonds is 3. The molecular weight excluding hydrogens is 259 g/mol. The van der Waals surface area contributed by atoms with Gasteiger partial charge in [0.1, 0.15) is 5.76 Å². The van der Waals surface area contributed by atoms with Crippen LogP contribution in [0.25, 0.3) is 5.76 Å². The van der Waals surface area contributed by atoms with E-state index in [1.54, 1.807) is 6.08 Å². The van der Waals surface area contributed by atoms with E-state index in [-0.39, 0.29) is 0 Å². The Bertz CT molecular complexity index is 319. The highest BCUT2D eigenvalue weighted by Gasteiger charge is 2.31. The molecule has 0 unspecified atom stereocenters. The van der Waals surface area contributed by atoms with Crippen LogP contribution in [0, 0.1) is 0 Å². The smallest absolute Gasteiger partial charge is 0.508 e. The average Bonchev–Trinajstić information content (AvgIpc) is 2.14. The highest BCUT2D eigenvalue weighted by molar-refractivity contribution is 7.62. The summed E-state index contributed by atoms with van der Waals surface area (Å²) in [6.45, 7) is 1.84. The van der Waals surface area contributed by atoms with Crippen molar-refractivity contribution in [2.75, 3.05) is 0 Å². The first kappa shape index (κ1) is 11.9. The lowest BCUT2D eigenvalue weighted by molar-refractivity contribution is 0.551. The van der Waals surface area contributed by atoms with Crippen molar-refractivity contribution in [3.8, 4) is 0 Å². The molecule has 0 fully saturated rings. The van der Waals surface area contributed by atoms with Crippen LogP contribution in [0.5, 0.6) is 0 Å². The van der Waals surface area contributed by atoms with Gasteiger partial charge in [-0.05, 0) is 13.0 Å². The molecule has 0 aromatic heterocycles. The SMILES string of the molecule is C/C=C(\O[Si](Cl)(Cl)Cl)c1ccccc1. The van der Waals surface area contributed by atoms with Gasteiger partial charge < -0.3 is 4.43 Å². The van der Waals surface area contributed by atoms with E-state index in [9.17, 15) is 0 Å². The van der Waals surface area contributed by atoms with Crippen molar-refractivity contribution in [3.63, 3.8) is 0 Å². The lowest BCUT2D eigenvalue weighted by Gasteiger charge is -2.14. The Morgan fingerprint density at radius 1 is 1.21 bits per heavy atom. The number of hydrogen-bond acceptors (Lipinski definition) is 1. The molecule has 0 aliphatic heterocycles. The second-order valence-corrected chi connectivity index (χ2v) is 10.2. The predicted octanol–water partition coefficient (Wildman–Crippen LogP) is 4.22. The Labute approximate surface area is 98.5 Å². The molecule has 5 heteroatoms. The van der Waals surface area contributed by atoms with E-state index >= 15 is 0 Å². The molecule has 0 atom stereocenters. The zero-order valence-corrected chi connectivity index (χ0v) is 10.8. The van der Waals surface area contributed by atoms with E-state index < -0.39 is 6.25 Å². The van der Waals surface area contributed by atoms with Crippen LogP contribution in [0.1, 0.15) is 12.5 Å². The van der Waals surface area contributed by atoms with Crippen molar-refractivity contribution in [2.45, 2.75) is 6.92 Å². The van der Waals surface area contributed by atoms with Gasteiger partial charge in [0.05, 0.1) is 0 Å². The summed E-state index contributed by atoms with van der Waals surface area (Å²) in [5, 5.41) is 0. The fourth-order valence-corrected chi connectivity index (χ4v) is 2.24. The monoisotopic (exact) mass is 266 g/mol. The van der Waals surface area contributed by atoms with Gasteiger partial charge >= 0.3 is 6.25 Å². The Morgan fingerprint density at radius 3 is 2.21 bits per heavy atom. The lowest BCUT2D eigenvalue weighted by atomic mass is 10.2. The van der Waals surface area contributed by atoms with Crippen molar-refractivity contribution in [1.29, 1.82) is 0 Å². The van der Waals surface area contributed by atoms with Gasteiger partial charge in [-0.1, -0.05) is 63.6 Å². The maximum Gasteiger partial charge on any atom is 0.555 e. The normalized spacial score (nSPS) is 12.7. The van der Waals surface area contributed by atoms with E-state index in [0.29, 0.717) is 5.76 Å². The van der Waals surface area contributed by atoms with Crippen molar-refractivity contribution in [3.05, 3.63) is 42.0 Å². The molecule has 1 aromatic rings. The average molecular weight is 268 g/mol. The fourth-order valence-electron chi connectivity index (χ4n) is 1.01. The van der Waals surface area contributed by atoms with Crippen LogP contribution in [-0.4, -0.2) is 6.25 Å². The first-order valence-electron chi connectivity index (χ1n) is 4.00. The van der Waals surface area contributed by atoms with Crippen LogP contribution in [0.4, 0.5) is 0 Å². The molecule has 0 amide bonds. The van der Waals surface area contributed by atoms with Gasteiger partial charge in [0.15, 0.2) is 0 Å². The first-order chi connectivity index (χ1) is 6.53. The van der Waals surface area contributed by atoms with Gasteiger partial charge in [-0.3, -0.25) is 0 Å². The van der Waals surface area contributed by atoms with Gasteiger partial charge in [0.25, 0.3) is 0 Å². The third-order valence-corrected chi connectivity index (χ3v) is 2.69. The Kier molecular flexibility index (Phi) is 4.32. The maximum atomic E-state index is 5.66. The summed E-state index contributed by atoms with van der Waals surface area (Å²) < 4.78 is 5.27. The van der Waals surface area contributed by atoms with E-state index in [1.807, 2.05) is 37.3 Å². The molecule has 1 rings (SSSR count). The molecule has 0 N–H and O–H groups in total. The van der Waals surface area contributed by atoms with Gasteiger partial charge in [0, 0.05) is 5.56 Å². The topological polar surface area (TPSA) is 9.23 Å². The van der Waals surface area contributed by atoms with Crippen molar-refractivity contribution in [2.24, 2.45) is 0 Å². The third-order valence-electron chi connectivity index (χ3n) is 1.55. The highest BCUT2D eigenvalue weighted by Crippen LogP contribution is 2.28. The second-order valence-electron chi connectivity index (χ2n) is 2.57. The summed E-state index contributed by atoms with van der Waals surface area (Å²) in [5.41, 5.74) is 0.911. The van der Waals surface area contributed by atoms with Crippen molar-refractivity contribution >= 4 is 45.2 Å². The molecule has 1 nitrogen and oxygen atoms in total. The van der Waals surface area contributed by atoms with Crippen LogP contribution in [0.15, 0.2) is 36.4 Å². The molecule has 0 aliphatic carbocycles. The van der Waals surface area contributed by atoms with Crippen LogP contribution in [-0.2, 0) is 4.43 Å². The molecule has 0 saturated carbocycles. The third kappa shape index (κ3) is 3.92. The van der Waals surface area contributed by atoms with E-state index in [4.69, 9.17) is 37.7 Å². The molecule has 0 heterocycles. The highest BCUT2D eigenvalue weighted by atomic mass is 35.8. The van der Waals surface area contributed by atoms with E-state index in [1.165, 1.54) is 0 Å². The zero-order chi connectivity index (χ0) is 10.6. The van der Waals surface area contributed by atoms with Crippen molar-refractivity contribution < 1.29 is 4.43 Å². The minimum Gasteiger partial charge on any atom is -0.508 e. The number of halogens is 3. The number of benzene rings is 1.